The fourth-order valence-corrected chi connectivity index (χ4v) is 3.97. The highest BCUT2D eigenvalue weighted by atomic mass is 32.2. The quantitative estimate of drug-likeness (QED) is 0.471. The molecule has 1 saturated heterocycles. The molecule has 2 aromatic rings. The molecule has 0 aliphatic carbocycles. The van der Waals surface area contributed by atoms with Crippen LogP contribution in [0.2, 0.25) is 0 Å². The molecular weight excluding hydrogens is 394 g/mol. The Morgan fingerprint density at radius 1 is 1.11 bits per heavy atom. The maximum atomic E-state index is 12.7. The Labute approximate surface area is 174 Å². The van der Waals surface area contributed by atoms with Gasteiger partial charge in [-0.25, -0.2) is 0 Å². The number of thiocarbonyl (C=S) groups is 1. The summed E-state index contributed by atoms with van der Waals surface area (Å²) in [6, 6.07) is 15.1. The van der Waals surface area contributed by atoms with Crippen molar-refractivity contribution < 1.29 is 19.0 Å². The number of hydrogen-bond acceptors (Lipinski definition) is 6. The normalized spacial score (nSPS) is 15.2. The van der Waals surface area contributed by atoms with E-state index in [2.05, 4.69) is 0 Å². The van der Waals surface area contributed by atoms with Gasteiger partial charge in [-0.15, -0.1) is 0 Å². The summed E-state index contributed by atoms with van der Waals surface area (Å²) in [4.78, 5) is 14.9. The lowest BCUT2D eigenvalue weighted by Gasteiger charge is -2.14. The van der Waals surface area contributed by atoms with Crippen LogP contribution in [0.1, 0.15) is 12.5 Å². The summed E-state index contributed by atoms with van der Waals surface area (Å²) in [6.45, 7) is 3.25. The van der Waals surface area contributed by atoms with Gasteiger partial charge >= 0.3 is 0 Å². The second-order valence-corrected chi connectivity index (χ2v) is 7.51. The predicted molar refractivity (Wildman–Crippen MR) is 116 cm³/mol. The number of nitrogens with zero attached hydrogens (tertiary/aromatic N) is 1. The van der Waals surface area contributed by atoms with Gasteiger partial charge in [-0.3, -0.25) is 9.69 Å². The third-order valence-electron chi connectivity index (χ3n) is 3.99. The number of hydrogen-bond donors (Lipinski definition) is 0. The number of thioether (sulfide) groups is 1. The van der Waals surface area contributed by atoms with Crippen LogP contribution in [-0.4, -0.2) is 42.0 Å². The Kier molecular flexibility index (Phi) is 6.95. The first-order valence-corrected chi connectivity index (χ1v) is 10.1. The van der Waals surface area contributed by atoms with Gasteiger partial charge in [0, 0.05) is 0 Å². The summed E-state index contributed by atoms with van der Waals surface area (Å²) in [6.07, 6.45) is 1.82. The first-order valence-electron chi connectivity index (χ1n) is 8.86. The molecule has 1 heterocycles. The molecule has 1 fully saturated rings. The SMILES string of the molecule is CCOc1ccc(/C=C2\SC(=S)N(CCOc3ccccc3)C2=O)cc1OC. The molecule has 0 N–H and O–H groups in total. The molecular formula is C21H21NO4S2. The highest BCUT2D eigenvalue weighted by Gasteiger charge is 2.31. The van der Waals surface area contributed by atoms with E-state index in [4.69, 9.17) is 26.4 Å². The summed E-state index contributed by atoms with van der Waals surface area (Å²) in [5, 5.41) is 0. The molecule has 0 radical (unpaired) electrons. The average molecular weight is 416 g/mol. The van der Waals surface area contributed by atoms with Crippen LogP contribution >= 0.6 is 24.0 Å². The van der Waals surface area contributed by atoms with Gasteiger partial charge < -0.3 is 14.2 Å². The van der Waals surface area contributed by atoms with Gasteiger partial charge in [-0.2, -0.15) is 0 Å². The lowest BCUT2D eigenvalue weighted by Crippen LogP contribution is -2.32. The van der Waals surface area contributed by atoms with Crippen LogP contribution in [0.5, 0.6) is 17.2 Å². The van der Waals surface area contributed by atoms with Gasteiger partial charge in [0.2, 0.25) is 0 Å². The van der Waals surface area contributed by atoms with Crippen LogP contribution < -0.4 is 14.2 Å². The molecule has 0 aromatic heterocycles. The number of methoxy groups -OCH3 is 1. The number of benzene rings is 2. The number of rotatable bonds is 8. The van der Waals surface area contributed by atoms with Crippen molar-refractivity contribution >= 4 is 40.3 Å². The van der Waals surface area contributed by atoms with Crippen LogP contribution in [0.3, 0.4) is 0 Å². The van der Waals surface area contributed by atoms with Crippen molar-refractivity contribution in [1.29, 1.82) is 0 Å². The van der Waals surface area contributed by atoms with Gasteiger partial charge in [0.05, 0.1) is 25.2 Å². The van der Waals surface area contributed by atoms with Crippen LogP contribution in [0, 0.1) is 0 Å². The average Bonchev–Trinajstić information content (AvgIpc) is 2.97. The predicted octanol–water partition coefficient (Wildman–Crippen LogP) is 4.37. The van der Waals surface area contributed by atoms with Crippen LogP contribution in [-0.2, 0) is 4.79 Å². The van der Waals surface area contributed by atoms with Crippen LogP contribution in [0.4, 0.5) is 0 Å². The third kappa shape index (κ3) is 4.85. The minimum atomic E-state index is -0.112. The zero-order chi connectivity index (χ0) is 19.9. The van der Waals surface area contributed by atoms with E-state index in [1.807, 2.05) is 61.5 Å². The maximum absolute atomic E-state index is 12.7. The molecule has 3 rings (SSSR count). The van der Waals surface area contributed by atoms with Crippen LogP contribution in [0.15, 0.2) is 53.4 Å². The second-order valence-electron chi connectivity index (χ2n) is 5.84. The smallest absolute Gasteiger partial charge is 0.266 e. The molecule has 0 unspecified atom stereocenters. The number of carbonyl (C=O) groups is 1. The van der Waals surface area contributed by atoms with Crippen molar-refractivity contribution in [3.8, 4) is 17.2 Å². The molecule has 0 saturated carbocycles. The summed E-state index contributed by atoms with van der Waals surface area (Å²) >= 11 is 6.66. The standard InChI is InChI=1S/C21H21NO4S2/c1-3-25-17-10-9-15(13-18(17)24-2)14-19-20(23)22(21(27)28-19)11-12-26-16-7-5-4-6-8-16/h4-10,13-14H,3,11-12H2,1-2H3/b19-14-. The molecule has 1 aliphatic heterocycles. The van der Waals surface area contributed by atoms with E-state index < -0.39 is 0 Å². The molecule has 0 bridgehead atoms. The van der Waals surface area contributed by atoms with Gasteiger partial charge in [0.25, 0.3) is 5.91 Å². The second kappa shape index (κ2) is 9.61. The molecule has 2 aromatic carbocycles. The van der Waals surface area contributed by atoms with E-state index in [1.54, 1.807) is 12.0 Å². The van der Waals surface area contributed by atoms with Crippen LogP contribution in [0.25, 0.3) is 6.08 Å². The Morgan fingerprint density at radius 3 is 2.61 bits per heavy atom. The Bertz CT molecular complexity index is 883. The molecule has 146 valence electrons. The van der Waals surface area contributed by atoms with E-state index in [-0.39, 0.29) is 5.91 Å². The van der Waals surface area contributed by atoms with E-state index in [9.17, 15) is 4.79 Å². The number of ether oxygens (including phenoxy) is 3. The highest BCUT2D eigenvalue weighted by Crippen LogP contribution is 2.34. The van der Waals surface area contributed by atoms with Crippen molar-refractivity contribution in [3.05, 3.63) is 59.0 Å². The van der Waals surface area contributed by atoms with Crippen molar-refractivity contribution in [2.24, 2.45) is 0 Å². The summed E-state index contributed by atoms with van der Waals surface area (Å²) in [7, 11) is 1.59. The summed E-state index contributed by atoms with van der Waals surface area (Å²) in [5.74, 6) is 1.96. The minimum Gasteiger partial charge on any atom is -0.493 e. The lowest BCUT2D eigenvalue weighted by molar-refractivity contribution is -0.122. The zero-order valence-electron chi connectivity index (χ0n) is 15.7. The van der Waals surface area contributed by atoms with Gasteiger partial charge in [0.1, 0.15) is 16.7 Å². The summed E-state index contributed by atoms with van der Waals surface area (Å²) < 4.78 is 17.1. The van der Waals surface area contributed by atoms with Crippen molar-refractivity contribution in [1.82, 2.24) is 4.90 Å². The van der Waals surface area contributed by atoms with E-state index in [0.29, 0.717) is 40.5 Å². The molecule has 0 spiro atoms. The van der Waals surface area contributed by atoms with Crippen molar-refractivity contribution in [2.75, 3.05) is 26.9 Å². The maximum Gasteiger partial charge on any atom is 0.266 e. The Balaban J connectivity index is 1.67. The molecule has 1 aliphatic rings. The van der Waals surface area contributed by atoms with Gasteiger partial charge in [-0.1, -0.05) is 48.2 Å². The number of amides is 1. The fourth-order valence-electron chi connectivity index (χ4n) is 2.66. The summed E-state index contributed by atoms with van der Waals surface area (Å²) in [5.41, 5.74) is 0.848. The van der Waals surface area contributed by atoms with Crippen molar-refractivity contribution in [3.63, 3.8) is 0 Å². The first kappa shape index (κ1) is 20.2. The molecule has 7 heteroatoms. The molecule has 28 heavy (non-hydrogen) atoms. The van der Waals surface area contributed by atoms with Gasteiger partial charge in [0.15, 0.2) is 11.5 Å². The van der Waals surface area contributed by atoms with E-state index in [0.717, 1.165) is 11.3 Å². The topological polar surface area (TPSA) is 48.0 Å². The van der Waals surface area contributed by atoms with Crippen molar-refractivity contribution in [2.45, 2.75) is 6.92 Å². The molecule has 0 atom stereocenters. The Morgan fingerprint density at radius 2 is 1.89 bits per heavy atom. The fraction of sp³-hybridized carbons (Fsp3) is 0.238. The highest BCUT2D eigenvalue weighted by molar-refractivity contribution is 8.26. The monoisotopic (exact) mass is 415 g/mol. The minimum absolute atomic E-state index is 0.112. The first-order chi connectivity index (χ1) is 13.6. The Hall–Kier alpha value is -2.51. The van der Waals surface area contributed by atoms with E-state index >= 15 is 0 Å². The number of para-hydroxylation sites is 1. The number of carbonyl (C=O) groups excluding carboxylic acids is 1. The zero-order valence-corrected chi connectivity index (χ0v) is 17.3. The third-order valence-corrected chi connectivity index (χ3v) is 5.36. The molecule has 5 nitrogen and oxygen atoms in total. The van der Waals surface area contributed by atoms with Gasteiger partial charge in [-0.05, 0) is 42.8 Å². The largest absolute Gasteiger partial charge is 0.493 e. The lowest BCUT2D eigenvalue weighted by atomic mass is 10.2. The molecule has 1 amide bonds. The van der Waals surface area contributed by atoms with E-state index in [1.165, 1.54) is 11.8 Å².